The zero-order valence-electron chi connectivity index (χ0n) is 9.36. The third kappa shape index (κ3) is 3.70. The fourth-order valence-electron chi connectivity index (χ4n) is 1.27. The maximum Gasteiger partial charge on any atom is 0.281 e. The average molecular weight is 334 g/mol. The molecular weight excluding hydrogens is 327 g/mol. The third-order valence-electron chi connectivity index (χ3n) is 2.15. The molecule has 0 radical (unpaired) electrons. The van der Waals surface area contributed by atoms with E-state index in [1.165, 1.54) is 17.6 Å². The van der Waals surface area contributed by atoms with Crippen molar-refractivity contribution >= 4 is 58.3 Å². The van der Waals surface area contributed by atoms with Crippen LogP contribution in [0, 0.1) is 0 Å². The second kappa shape index (κ2) is 6.39. The molecule has 0 fully saturated rings. The van der Waals surface area contributed by atoms with E-state index >= 15 is 0 Å². The minimum Gasteiger partial charge on any atom is -0.266 e. The number of benzene rings is 1. The van der Waals surface area contributed by atoms with Crippen molar-refractivity contribution < 1.29 is 4.79 Å². The van der Waals surface area contributed by atoms with Crippen LogP contribution in [0.1, 0.15) is 15.2 Å². The van der Waals surface area contributed by atoms with Crippen molar-refractivity contribution in [3.05, 3.63) is 55.2 Å². The zero-order valence-corrected chi connectivity index (χ0v) is 12.4. The Kier molecular flexibility index (Phi) is 4.82. The normalized spacial score (nSPS) is 10.9. The van der Waals surface area contributed by atoms with Crippen LogP contribution in [-0.4, -0.2) is 12.1 Å². The van der Waals surface area contributed by atoms with E-state index in [1.807, 2.05) is 0 Å². The number of carbonyl (C=O) groups is 1. The van der Waals surface area contributed by atoms with Crippen molar-refractivity contribution in [2.24, 2.45) is 5.10 Å². The Morgan fingerprint density at radius 3 is 2.68 bits per heavy atom. The Hall–Kier alpha value is -1.07. The largest absolute Gasteiger partial charge is 0.281 e. The number of thiophene rings is 1. The number of hydrazone groups is 1. The fraction of sp³-hybridized carbons (Fsp3) is 0. The molecule has 0 atom stereocenters. The average Bonchev–Trinajstić information content (AvgIpc) is 2.81. The lowest BCUT2D eigenvalue weighted by atomic mass is 10.2. The molecule has 98 valence electrons. The van der Waals surface area contributed by atoms with Crippen LogP contribution in [0.4, 0.5) is 0 Å². The zero-order chi connectivity index (χ0) is 13.8. The molecule has 0 saturated heterocycles. The summed E-state index contributed by atoms with van der Waals surface area (Å²) in [5.41, 5.74) is 3.01. The van der Waals surface area contributed by atoms with Gasteiger partial charge in [0.15, 0.2) is 0 Å². The molecular formula is C12H7Cl3N2OS. The highest BCUT2D eigenvalue weighted by atomic mass is 35.5. The molecule has 1 N–H and O–H groups in total. The molecule has 1 aromatic carbocycles. The summed E-state index contributed by atoms with van der Waals surface area (Å²) >= 11 is 18.8. The summed E-state index contributed by atoms with van der Waals surface area (Å²) in [6.45, 7) is 0. The van der Waals surface area contributed by atoms with Gasteiger partial charge in [0.25, 0.3) is 5.91 Å². The first kappa shape index (κ1) is 14.3. The quantitative estimate of drug-likeness (QED) is 0.653. The van der Waals surface area contributed by atoms with Gasteiger partial charge in [-0.15, -0.1) is 11.3 Å². The van der Waals surface area contributed by atoms with Gasteiger partial charge in [0.05, 0.1) is 25.5 Å². The predicted molar refractivity (Wildman–Crippen MR) is 80.9 cm³/mol. The van der Waals surface area contributed by atoms with Gasteiger partial charge in [-0.2, -0.15) is 5.10 Å². The minimum atomic E-state index is -0.327. The van der Waals surface area contributed by atoms with E-state index in [-0.39, 0.29) is 5.91 Å². The molecule has 0 saturated carbocycles. The van der Waals surface area contributed by atoms with E-state index in [9.17, 15) is 4.79 Å². The van der Waals surface area contributed by atoms with Crippen molar-refractivity contribution in [2.75, 3.05) is 0 Å². The third-order valence-corrected chi connectivity index (χ3v) is 4.21. The summed E-state index contributed by atoms with van der Waals surface area (Å²) in [5, 5.41) is 4.65. The smallest absolute Gasteiger partial charge is 0.266 e. The van der Waals surface area contributed by atoms with Crippen LogP contribution in [0.2, 0.25) is 14.4 Å². The first-order chi connectivity index (χ1) is 9.08. The molecule has 3 nitrogen and oxygen atoms in total. The van der Waals surface area contributed by atoms with Gasteiger partial charge in [-0.3, -0.25) is 4.79 Å². The number of carbonyl (C=O) groups excluding carboxylic acids is 1. The second-order valence-corrected chi connectivity index (χ2v) is 5.95. The molecule has 1 aromatic heterocycles. The predicted octanol–water partition coefficient (Wildman–Crippen LogP) is 4.47. The molecule has 0 unspecified atom stereocenters. The molecule has 0 bridgehead atoms. The standard InChI is InChI=1S/C12H7Cl3N2OS/c13-8-3-1-2-7(11(8)15)6-16-17-12(18)9-4-5-10(14)19-9/h1-6H,(H,17,18). The molecule has 0 aliphatic rings. The van der Waals surface area contributed by atoms with Crippen LogP contribution < -0.4 is 5.43 Å². The number of nitrogens with one attached hydrogen (secondary N) is 1. The summed E-state index contributed by atoms with van der Waals surface area (Å²) < 4.78 is 0.548. The van der Waals surface area contributed by atoms with E-state index in [0.717, 1.165) is 0 Å². The Balaban J connectivity index is 2.04. The Bertz CT molecular complexity index is 640. The number of rotatable bonds is 3. The van der Waals surface area contributed by atoms with Gasteiger partial charge in [-0.25, -0.2) is 5.43 Å². The first-order valence-electron chi connectivity index (χ1n) is 5.10. The number of halogens is 3. The molecule has 2 aromatic rings. The van der Waals surface area contributed by atoms with Gasteiger partial charge in [0, 0.05) is 5.56 Å². The maximum absolute atomic E-state index is 11.7. The Labute approximate surface area is 128 Å². The van der Waals surface area contributed by atoms with E-state index in [4.69, 9.17) is 34.8 Å². The van der Waals surface area contributed by atoms with Crippen LogP contribution in [0.3, 0.4) is 0 Å². The van der Waals surface area contributed by atoms with Gasteiger partial charge in [0.1, 0.15) is 0 Å². The van der Waals surface area contributed by atoms with Crippen molar-refractivity contribution in [1.82, 2.24) is 5.43 Å². The summed E-state index contributed by atoms with van der Waals surface area (Å²) in [4.78, 5) is 12.2. The van der Waals surface area contributed by atoms with Gasteiger partial charge in [0.2, 0.25) is 0 Å². The van der Waals surface area contributed by atoms with Crippen molar-refractivity contribution in [3.8, 4) is 0 Å². The molecule has 2 rings (SSSR count). The molecule has 0 spiro atoms. The lowest BCUT2D eigenvalue weighted by Gasteiger charge is -2.00. The van der Waals surface area contributed by atoms with Gasteiger partial charge >= 0.3 is 0 Å². The molecule has 7 heteroatoms. The van der Waals surface area contributed by atoms with E-state index in [0.29, 0.717) is 24.8 Å². The summed E-state index contributed by atoms with van der Waals surface area (Å²) in [5.74, 6) is -0.327. The topological polar surface area (TPSA) is 41.5 Å². The minimum absolute atomic E-state index is 0.327. The molecule has 0 aliphatic heterocycles. The van der Waals surface area contributed by atoms with Crippen LogP contribution in [-0.2, 0) is 0 Å². The number of hydrogen-bond donors (Lipinski definition) is 1. The molecule has 0 aliphatic carbocycles. The van der Waals surface area contributed by atoms with Crippen molar-refractivity contribution in [3.63, 3.8) is 0 Å². The van der Waals surface area contributed by atoms with E-state index in [1.54, 1.807) is 30.3 Å². The highest BCUT2D eigenvalue weighted by Crippen LogP contribution is 2.24. The van der Waals surface area contributed by atoms with Crippen LogP contribution in [0.25, 0.3) is 0 Å². The van der Waals surface area contributed by atoms with Crippen LogP contribution in [0.15, 0.2) is 35.4 Å². The monoisotopic (exact) mass is 332 g/mol. The molecule has 19 heavy (non-hydrogen) atoms. The lowest BCUT2D eigenvalue weighted by Crippen LogP contribution is -2.16. The Morgan fingerprint density at radius 1 is 1.21 bits per heavy atom. The van der Waals surface area contributed by atoms with E-state index < -0.39 is 0 Å². The number of amides is 1. The highest BCUT2D eigenvalue weighted by molar-refractivity contribution is 7.17. The van der Waals surface area contributed by atoms with Crippen LogP contribution in [0.5, 0.6) is 0 Å². The molecule has 1 amide bonds. The van der Waals surface area contributed by atoms with Gasteiger partial charge in [-0.05, 0) is 18.2 Å². The fourth-order valence-corrected chi connectivity index (χ4v) is 2.56. The Morgan fingerprint density at radius 2 is 2.00 bits per heavy atom. The molecule has 1 heterocycles. The van der Waals surface area contributed by atoms with Crippen LogP contribution >= 0.6 is 46.1 Å². The van der Waals surface area contributed by atoms with Gasteiger partial charge < -0.3 is 0 Å². The summed E-state index contributed by atoms with van der Waals surface area (Å²) in [6, 6.07) is 8.44. The summed E-state index contributed by atoms with van der Waals surface area (Å²) in [7, 11) is 0. The van der Waals surface area contributed by atoms with Crippen molar-refractivity contribution in [1.29, 1.82) is 0 Å². The highest BCUT2D eigenvalue weighted by Gasteiger charge is 2.07. The maximum atomic E-state index is 11.7. The summed E-state index contributed by atoms with van der Waals surface area (Å²) in [6.07, 6.45) is 1.43. The number of hydrogen-bond acceptors (Lipinski definition) is 3. The van der Waals surface area contributed by atoms with Crippen molar-refractivity contribution in [2.45, 2.75) is 0 Å². The van der Waals surface area contributed by atoms with Gasteiger partial charge in [-0.1, -0.05) is 46.9 Å². The SMILES string of the molecule is O=C(NN=Cc1cccc(Cl)c1Cl)c1ccc(Cl)s1. The lowest BCUT2D eigenvalue weighted by molar-refractivity contribution is 0.0959. The second-order valence-electron chi connectivity index (χ2n) is 3.45. The van der Waals surface area contributed by atoms with E-state index in [2.05, 4.69) is 10.5 Å². The number of nitrogens with zero attached hydrogens (tertiary/aromatic N) is 1. The first-order valence-corrected chi connectivity index (χ1v) is 7.05.